The summed E-state index contributed by atoms with van der Waals surface area (Å²) in [6.45, 7) is 3.43. The molecule has 0 spiro atoms. The smallest absolute Gasteiger partial charge is 0.321 e. The van der Waals surface area contributed by atoms with Crippen molar-refractivity contribution in [1.29, 1.82) is 0 Å². The van der Waals surface area contributed by atoms with Crippen molar-refractivity contribution in [2.45, 2.75) is 32.6 Å². The molecule has 1 N–H and O–H groups in total. The number of hydrogen-bond acceptors (Lipinski definition) is 4. The number of urea groups is 1. The van der Waals surface area contributed by atoms with Crippen molar-refractivity contribution in [3.8, 4) is 11.4 Å². The highest BCUT2D eigenvalue weighted by atomic mass is 16.5. The average molecular weight is 300 g/mol. The quantitative estimate of drug-likeness (QED) is 0.922. The molecule has 22 heavy (non-hydrogen) atoms. The van der Waals surface area contributed by atoms with Gasteiger partial charge in [-0.15, -0.1) is 0 Å². The molecule has 0 aliphatic carbocycles. The Morgan fingerprint density at radius 3 is 2.41 bits per heavy atom. The van der Waals surface area contributed by atoms with Crippen LogP contribution >= 0.6 is 0 Å². The molecule has 6 heteroatoms. The Balaban J connectivity index is 1.64. The van der Waals surface area contributed by atoms with Gasteiger partial charge in [-0.05, 0) is 37.1 Å². The molecular formula is C16H20N4O2. The third kappa shape index (κ3) is 3.44. The number of carbonyl (C=O) groups is 1. The second kappa shape index (κ2) is 6.60. The van der Waals surface area contributed by atoms with Crippen molar-refractivity contribution in [1.82, 2.24) is 15.0 Å². The van der Waals surface area contributed by atoms with E-state index in [1.807, 2.05) is 29.2 Å². The zero-order valence-corrected chi connectivity index (χ0v) is 12.7. The van der Waals surface area contributed by atoms with Gasteiger partial charge in [0.15, 0.2) is 0 Å². The molecule has 0 saturated carbocycles. The van der Waals surface area contributed by atoms with Crippen LogP contribution in [0.4, 0.5) is 10.5 Å². The molecule has 1 fully saturated rings. The van der Waals surface area contributed by atoms with Crippen LogP contribution in [0.15, 0.2) is 28.8 Å². The summed E-state index contributed by atoms with van der Waals surface area (Å²) >= 11 is 0. The van der Waals surface area contributed by atoms with E-state index in [1.165, 1.54) is 12.8 Å². The van der Waals surface area contributed by atoms with E-state index in [2.05, 4.69) is 15.5 Å². The number of likely N-dealkylation sites (tertiary alicyclic amines) is 1. The summed E-state index contributed by atoms with van der Waals surface area (Å²) in [5, 5.41) is 6.82. The summed E-state index contributed by atoms with van der Waals surface area (Å²) < 4.78 is 4.97. The number of amides is 2. The van der Waals surface area contributed by atoms with Gasteiger partial charge in [0.05, 0.1) is 0 Å². The second-order valence-corrected chi connectivity index (χ2v) is 5.55. The Morgan fingerprint density at radius 2 is 1.82 bits per heavy atom. The lowest BCUT2D eigenvalue weighted by Gasteiger charge is -2.20. The number of benzene rings is 1. The van der Waals surface area contributed by atoms with Crippen LogP contribution in [0, 0.1) is 6.92 Å². The SMILES string of the molecule is Cc1nc(-c2ccc(NC(=O)N3CCCCCC3)cc2)no1. The second-order valence-electron chi connectivity index (χ2n) is 5.55. The van der Waals surface area contributed by atoms with E-state index in [-0.39, 0.29) is 6.03 Å². The number of aromatic nitrogens is 2. The molecule has 2 aromatic rings. The normalized spacial score (nSPS) is 15.4. The van der Waals surface area contributed by atoms with E-state index in [1.54, 1.807) is 6.92 Å². The van der Waals surface area contributed by atoms with E-state index in [4.69, 9.17) is 4.52 Å². The summed E-state index contributed by atoms with van der Waals surface area (Å²) in [7, 11) is 0. The molecule has 1 saturated heterocycles. The third-order valence-corrected chi connectivity index (χ3v) is 3.82. The molecule has 116 valence electrons. The Morgan fingerprint density at radius 1 is 1.14 bits per heavy atom. The number of carbonyl (C=O) groups excluding carboxylic acids is 1. The third-order valence-electron chi connectivity index (χ3n) is 3.82. The molecule has 0 unspecified atom stereocenters. The summed E-state index contributed by atoms with van der Waals surface area (Å²) in [4.78, 5) is 18.3. The predicted octanol–water partition coefficient (Wildman–Crippen LogP) is 3.45. The summed E-state index contributed by atoms with van der Waals surface area (Å²) in [5.74, 6) is 1.09. The van der Waals surface area contributed by atoms with Crippen molar-refractivity contribution in [2.24, 2.45) is 0 Å². The van der Waals surface area contributed by atoms with Crippen molar-refractivity contribution in [3.63, 3.8) is 0 Å². The highest BCUT2D eigenvalue weighted by molar-refractivity contribution is 5.89. The van der Waals surface area contributed by atoms with Crippen molar-refractivity contribution in [3.05, 3.63) is 30.2 Å². The Kier molecular flexibility index (Phi) is 4.37. The van der Waals surface area contributed by atoms with Gasteiger partial charge in [0.25, 0.3) is 0 Å². The molecule has 0 atom stereocenters. The van der Waals surface area contributed by atoms with Crippen molar-refractivity contribution >= 4 is 11.7 Å². The monoisotopic (exact) mass is 300 g/mol. The zero-order chi connectivity index (χ0) is 15.4. The van der Waals surface area contributed by atoms with Gasteiger partial charge < -0.3 is 14.7 Å². The highest BCUT2D eigenvalue weighted by Crippen LogP contribution is 2.19. The van der Waals surface area contributed by atoms with Crippen LogP contribution in [-0.2, 0) is 0 Å². The molecule has 0 radical (unpaired) electrons. The van der Waals surface area contributed by atoms with Crippen LogP contribution in [0.3, 0.4) is 0 Å². The van der Waals surface area contributed by atoms with Crippen molar-refractivity contribution in [2.75, 3.05) is 18.4 Å². The topological polar surface area (TPSA) is 71.3 Å². The molecule has 2 amide bonds. The van der Waals surface area contributed by atoms with E-state index in [9.17, 15) is 4.79 Å². The first kappa shape index (κ1) is 14.6. The zero-order valence-electron chi connectivity index (χ0n) is 12.7. The largest absolute Gasteiger partial charge is 0.339 e. The van der Waals surface area contributed by atoms with Crippen LogP contribution in [0.1, 0.15) is 31.6 Å². The first-order valence-electron chi connectivity index (χ1n) is 7.69. The van der Waals surface area contributed by atoms with Crippen LogP contribution < -0.4 is 5.32 Å². The molecule has 1 aliphatic heterocycles. The number of aryl methyl sites for hydroxylation is 1. The molecule has 2 heterocycles. The van der Waals surface area contributed by atoms with E-state index < -0.39 is 0 Å². The maximum Gasteiger partial charge on any atom is 0.321 e. The van der Waals surface area contributed by atoms with Gasteiger partial charge in [0, 0.05) is 31.3 Å². The number of hydrogen-bond donors (Lipinski definition) is 1. The predicted molar refractivity (Wildman–Crippen MR) is 83.5 cm³/mol. The lowest BCUT2D eigenvalue weighted by Crippen LogP contribution is -2.35. The van der Waals surface area contributed by atoms with Gasteiger partial charge >= 0.3 is 6.03 Å². The van der Waals surface area contributed by atoms with Gasteiger partial charge in [-0.2, -0.15) is 4.98 Å². The molecule has 1 aromatic heterocycles. The molecule has 1 aromatic carbocycles. The number of rotatable bonds is 2. The average Bonchev–Trinajstić information content (AvgIpc) is 2.79. The van der Waals surface area contributed by atoms with E-state index in [0.717, 1.165) is 37.2 Å². The summed E-state index contributed by atoms with van der Waals surface area (Å²) in [6.07, 6.45) is 4.60. The minimum absolute atomic E-state index is 0.0231. The summed E-state index contributed by atoms with van der Waals surface area (Å²) in [6, 6.07) is 7.45. The number of nitrogens with one attached hydrogen (secondary N) is 1. The molecule has 6 nitrogen and oxygen atoms in total. The fourth-order valence-corrected chi connectivity index (χ4v) is 2.60. The molecule has 1 aliphatic rings. The number of nitrogens with zero attached hydrogens (tertiary/aromatic N) is 3. The van der Waals surface area contributed by atoms with Gasteiger partial charge in [-0.25, -0.2) is 4.79 Å². The highest BCUT2D eigenvalue weighted by Gasteiger charge is 2.15. The molecule has 3 rings (SSSR count). The van der Waals surface area contributed by atoms with Gasteiger partial charge in [0.1, 0.15) is 0 Å². The minimum Gasteiger partial charge on any atom is -0.339 e. The molecular weight excluding hydrogens is 280 g/mol. The van der Waals surface area contributed by atoms with Gasteiger partial charge in [-0.1, -0.05) is 18.0 Å². The Labute approximate surface area is 129 Å². The Bertz CT molecular complexity index is 628. The van der Waals surface area contributed by atoms with Crippen LogP contribution in [0.2, 0.25) is 0 Å². The van der Waals surface area contributed by atoms with Crippen molar-refractivity contribution < 1.29 is 9.32 Å². The fraction of sp³-hybridized carbons (Fsp3) is 0.438. The summed E-state index contributed by atoms with van der Waals surface area (Å²) in [5.41, 5.74) is 1.64. The Hall–Kier alpha value is -2.37. The lowest BCUT2D eigenvalue weighted by atomic mass is 10.2. The van der Waals surface area contributed by atoms with E-state index >= 15 is 0 Å². The van der Waals surface area contributed by atoms with Gasteiger partial charge in [-0.3, -0.25) is 0 Å². The fourth-order valence-electron chi connectivity index (χ4n) is 2.60. The van der Waals surface area contributed by atoms with Crippen LogP contribution in [0.5, 0.6) is 0 Å². The molecule has 0 bridgehead atoms. The lowest BCUT2D eigenvalue weighted by molar-refractivity contribution is 0.214. The van der Waals surface area contributed by atoms with Gasteiger partial charge in [0.2, 0.25) is 11.7 Å². The van der Waals surface area contributed by atoms with Crippen LogP contribution in [0.25, 0.3) is 11.4 Å². The standard InChI is InChI=1S/C16H20N4O2/c1-12-17-15(19-22-12)13-6-8-14(9-7-13)18-16(21)20-10-4-2-3-5-11-20/h6-9H,2-5,10-11H2,1H3,(H,18,21). The first-order valence-corrected chi connectivity index (χ1v) is 7.69. The maximum absolute atomic E-state index is 12.3. The van der Waals surface area contributed by atoms with Crippen LogP contribution in [-0.4, -0.2) is 34.2 Å². The maximum atomic E-state index is 12.3. The van der Waals surface area contributed by atoms with E-state index in [0.29, 0.717) is 11.7 Å². The number of anilines is 1. The minimum atomic E-state index is -0.0231. The first-order chi connectivity index (χ1) is 10.7.